The average molecular weight is 223 g/mol. The number of benzene rings is 1. The predicted molar refractivity (Wildman–Crippen MR) is 59.1 cm³/mol. The van der Waals surface area contributed by atoms with Crippen LogP contribution in [0, 0.1) is 18.7 Å². The molecule has 0 heterocycles. The first-order valence-corrected chi connectivity index (χ1v) is 5.22. The molecule has 16 heavy (non-hydrogen) atoms. The molecule has 0 bridgehead atoms. The van der Waals surface area contributed by atoms with Gasteiger partial charge in [0.15, 0.2) is 0 Å². The zero-order valence-corrected chi connectivity index (χ0v) is 9.27. The van der Waals surface area contributed by atoms with E-state index in [1.807, 2.05) is 11.9 Å². The van der Waals surface area contributed by atoms with E-state index < -0.39 is 5.97 Å². The van der Waals surface area contributed by atoms with Crippen LogP contribution in [-0.2, 0) is 4.79 Å². The lowest BCUT2D eigenvalue weighted by Crippen LogP contribution is -2.23. The lowest BCUT2D eigenvalue weighted by Gasteiger charge is -2.19. The van der Waals surface area contributed by atoms with Crippen molar-refractivity contribution in [2.45, 2.75) is 19.4 Å². The van der Waals surface area contributed by atoms with Gasteiger partial charge in [0, 0.05) is 18.8 Å². The number of carboxylic acids is 1. The van der Waals surface area contributed by atoms with Crippen LogP contribution >= 0.6 is 0 Å². The molecule has 1 aliphatic carbocycles. The molecule has 86 valence electrons. The third-order valence-electron chi connectivity index (χ3n) is 3.12. The zero-order chi connectivity index (χ0) is 11.9. The Morgan fingerprint density at radius 1 is 1.56 bits per heavy atom. The molecule has 1 aromatic rings. The maximum absolute atomic E-state index is 13.1. The van der Waals surface area contributed by atoms with E-state index in [0.717, 1.165) is 5.69 Å². The van der Waals surface area contributed by atoms with Crippen molar-refractivity contribution >= 4 is 11.7 Å². The van der Waals surface area contributed by atoms with Crippen molar-refractivity contribution in [1.82, 2.24) is 0 Å². The van der Waals surface area contributed by atoms with Gasteiger partial charge in [0.05, 0.1) is 5.92 Å². The Kier molecular flexibility index (Phi) is 2.58. The van der Waals surface area contributed by atoms with E-state index in [4.69, 9.17) is 5.11 Å². The highest BCUT2D eigenvalue weighted by Gasteiger charge is 2.46. The number of carbonyl (C=O) groups is 1. The van der Waals surface area contributed by atoms with Crippen molar-refractivity contribution in [2.75, 3.05) is 11.9 Å². The summed E-state index contributed by atoms with van der Waals surface area (Å²) >= 11 is 0. The van der Waals surface area contributed by atoms with E-state index in [1.54, 1.807) is 19.1 Å². The van der Waals surface area contributed by atoms with Gasteiger partial charge in [-0.05, 0) is 37.1 Å². The van der Waals surface area contributed by atoms with Crippen LogP contribution in [0.25, 0.3) is 0 Å². The Morgan fingerprint density at radius 2 is 2.25 bits per heavy atom. The summed E-state index contributed by atoms with van der Waals surface area (Å²) in [6, 6.07) is 4.88. The number of carboxylic acid groups (broad SMARTS) is 1. The molecule has 0 saturated heterocycles. The third-order valence-corrected chi connectivity index (χ3v) is 3.12. The van der Waals surface area contributed by atoms with Crippen LogP contribution in [-0.4, -0.2) is 24.2 Å². The molecule has 0 radical (unpaired) electrons. The van der Waals surface area contributed by atoms with Gasteiger partial charge < -0.3 is 10.0 Å². The first kappa shape index (κ1) is 10.9. The van der Waals surface area contributed by atoms with Gasteiger partial charge in [0.25, 0.3) is 0 Å². The predicted octanol–water partition coefficient (Wildman–Crippen LogP) is 2.04. The molecule has 1 saturated carbocycles. The molecule has 2 atom stereocenters. The number of anilines is 1. The number of aliphatic carboxylic acids is 1. The summed E-state index contributed by atoms with van der Waals surface area (Å²) in [7, 11) is 1.85. The first-order chi connectivity index (χ1) is 7.50. The smallest absolute Gasteiger partial charge is 0.308 e. The summed E-state index contributed by atoms with van der Waals surface area (Å²) < 4.78 is 13.1. The number of hydrogen-bond acceptors (Lipinski definition) is 2. The molecule has 2 unspecified atom stereocenters. The van der Waals surface area contributed by atoms with E-state index >= 15 is 0 Å². The van der Waals surface area contributed by atoms with Gasteiger partial charge in [-0.2, -0.15) is 0 Å². The zero-order valence-electron chi connectivity index (χ0n) is 9.27. The molecule has 1 N–H and O–H groups in total. The van der Waals surface area contributed by atoms with Crippen LogP contribution in [0.2, 0.25) is 0 Å². The van der Waals surface area contributed by atoms with Gasteiger partial charge in [0.2, 0.25) is 0 Å². The van der Waals surface area contributed by atoms with Gasteiger partial charge in [-0.1, -0.05) is 0 Å². The molecule has 3 nitrogen and oxygen atoms in total. The Bertz CT molecular complexity index is 433. The molecule has 0 aliphatic heterocycles. The normalized spacial score (nSPS) is 22.9. The molecule has 0 spiro atoms. The van der Waals surface area contributed by atoms with Crippen molar-refractivity contribution < 1.29 is 14.3 Å². The minimum atomic E-state index is -0.754. The SMILES string of the molecule is Cc1cc(N(C)C2CC2C(=O)O)ccc1F. The van der Waals surface area contributed by atoms with E-state index in [0.29, 0.717) is 12.0 Å². The van der Waals surface area contributed by atoms with Crippen LogP contribution in [0.15, 0.2) is 18.2 Å². The van der Waals surface area contributed by atoms with Crippen molar-refractivity contribution in [3.63, 3.8) is 0 Å². The Balaban J connectivity index is 2.13. The molecule has 0 aromatic heterocycles. The molecule has 2 rings (SSSR count). The van der Waals surface area contributed by atoms with Gasteiger partial charge in [-0.15, -0.1) is 0 Å². The highest BCUT2D eigenvalue weighted by atomic mass is 19.1. The number of hydrogen-bond donors (Lipinski definition) is 1. The number of nitrogens with zero attached hydrogens (tertiary/aromatic N) is 1. The Labute approximate surface area is 93.5 Å². The molecule has 0 amide bonds. The highest BCUT2D eigenvalue weighted by Crippen LogP contribution is 2.37. The third kappa shape index (κ3) is 1.87. The van der Waals surface area contributed by atoms with Crippen molar-refractivity contribution in [3.05, 3.63) is 29.6 Å². The minimum Gasteiger partial charge on any atom is -0.481 e. The molecule has 1 aromatic carbocycles. The van der Waals surface area contributed by atoms with Gasteiger partial charge in [0.1, 0.15) is 5.82 Å². The number of rotatable bonds is 3. The quantitative estimate of drug-likeness (QED) is 0.852. The molecular formula is C12H14FNO2. The second kappa shape index (κ2) is 3.77. The molecule has 4 heteroatoms. The fraction of sp³-hybridized carbons (Fsp3) is 0.417. The Morgan fingerprint density at radius 3 is 2.75 bits per heavy atom. The van der Waals surface area contributed by atoms with Crippen molar-refractivity contribution in [3.8, 4) is 0 Å². The second-order valence-corrected chi connectivity index (χ2v) is 4.29. The fourth-order valence-corrected chi connectivity index (χ4v) is 1.91. The molecule has 1 fully saturated rings. The first-order valence-electron chi connectivity index (χ1n) is 5.22. The topological polar surface area (TPSA) is 40.5 Å². The summed E-state index contributed by atoms with van der Waals surface area (Å²) in [4.78, 5) is 12.7. The summed E-state index contributed by atoms with van der Waals surface area (Å²) in [5, 5.41) is 8.83. The lowest BCUT2D eigenvalue weighted by atomic mass is 10.2. The van der Waals surface area contributed by atoms with Gasteiger partial charge >= 0.3 is 5.97 Å². The fourth-order valence-electron chi connectivity index (χ4n) is 1.91. The van der Waals surface area contributed by atoms with Gasteiger partial charge in [-0.25, -0.2) is 4.39 Å². The van der Waals surface area contributed by atoms with E-state index in [9.17, 15) is 9.18 Å². The summed E-state index contributed by atoms with van der Waals surface area (Å²) in [5.41, 5.74) is 1.45. The van der Waals surface area contributed by atoms with Gasteiger partial charge in [-0.3, -0.25) is 4.79 Å². The van der Waals surface area contributed by atoms with Crippen molar-refractivity contribution in [1.29, 1.82) is 0 Å². The molecule has 1 aliphatic rings. The second-order valence-electron chi connectivity index (χ2n) is 4.29. The van der Waals surface area contributed by atoms with Crippen LogP contribution < -0.4 is 4.90 Å². The Hall–Kier alpha value is -1.58. The van der Waals surface area contributed by atoms with Crippen LogP contribution in [0.5, 0.6) is 0 Å². The summed E-state index contributed by atoms with van der Waals surface area (Å²) in [6.07, 6.45) is 0.669. The monoisotopic (exact) mass is 223 g/mol. The van der Waals surface area contributed by atoms with Crippen molar-refractivity contribution in [2.24, 2.45) is 5.92 Å². The van der Waals surface area contributed by atoms with Crippen LogP contribution in [0.4, 0.5) is 10.1 Å². The highest BCUT2D eigenvalue weighted by molar-refractivity contribution is 5.76. The number of halogens is 1. The van der Waals surface area contributed by atoms with E-state index in [2.05, 4.69) is 0 Å². The lowest BCUT2D eigenvalue weighted by molar-refractivity contribution is -0.138. The standard InChI is InChI=1S/C12H14FNO2/c1-7-5-8(3-4-10(7)13)14(2)11-6-9(11)12(15)16/h3-5,9,11H,6H2,1-2H3,(H,15,16). The van der Waals surface area contributed by atoms with E-state index in [-0.39, 0.29) is 17.8 Å². The minimum absolute atomic E-state index is 0.0439. The number of aryl methyl sites for hydroxylation is 1. The maximum Gasteiger partial charge on any atom is 0.308 e. The van der Waals surface area contributed by atoms with E-state index in [1.165, 1.54) is 6.07 Å². The average Bonchev–Trinajstić information content (AvgIpc) is 3.01. The largest absolute Gasteiger partial charge is 0.481 e. The maximum atomic E-state index is 13.1. The summed E-state index contributed by atoms with van der Waals surface area (Å²) in [5.74, 6) is -1.27. The van der Waals surface area contributed by atoms with Crippen LogP contribution in [0.1, 0.15) is 12.0 Å². The molecular weight excluding hydrogens is 209 g/mol. The summed E-state index contributed by atoms with van der Waals surface area (Å²) in [6.45, 7) is 1.70. The van der Waals surface area contributed by atoms with Crippen LogP contribution in [0.3, 0.4) is 0 Å².